The summed E-state index contributed by atoms with van der Waals surface area (Å²) in [5, 5.41) is 7.04. The van der Waals surface area contributed by atoms with Crippen LogP contribution >= 0.6 is 35.8 Å². The molecule has 0 radical (unpaired) electrons. The number of halogens is 2. The van der Waals surface area contributed by atoms with Gasteiger partial charge in [-0.1, -0.05) is 23.7 Å². The monoisotopic (exact) mass is 363 g/mol. The second kappa shape index (κ2) is 11.1. The van der Waals surface area contributed by atoms with Crippen molar-refractivity contribution >= 4 is 41.7 Å². The molecule has 1 aromatic rings. The molecule has 22 heavy (non-hydrogen) atoms. The number of hydrogen-bond acceptors (Lipinski definition) is 4. The molecule has 4 nitrogen and oxygen atoms in total. The van der Waals surface area contributed by atoms with E-state index in [-0.39, 0.29) is 18.3 Å². The van der Waals surface area contributed by atoms with Crippen LogP contribution < -0.4 is 10.6 Å². The van der Waals surface area contributed by atoms with Gasteiger partial charge >= 0.3 is 0 Å². The second-order valence-corrected chi connectivity index (χ2v) is 6.49. The largest absolute Gasteiger partial charge is 0.354 e. The van der Waals surface area contributed by atoms with E-state index >= 15 is 0 Å². The van der Waals surface area contributed by atoms with Gasteiger partial charge in [-0.3, -0.25) is 9.69 Å². The van der Waals surface area contributed by atoms with Crippen LogP contribution in [0.1, 0.15) is 5.56 Å². The molecule has 0 atom stereocenters. The summed E-state index contributed by atoms with van der Waals surface area (Å²) in [6.45, 7) is 5.90. The number of carbonyl (C=O) groups excluding carboxylic acids is 1. The third-order valence-electron chi connectivity index (χ3n) is 3.35. The number of hydrogen-bond donors (Lipinski definition) is 2. The zero-order chi connectivity index (χ0) is 14.9. The Balaban J connectivity index is 0.00000242. The molecule has 1 amide bonds. The van der Waals surface area contributed by atoms with E-state index in [1.165, 1.54) is 0 Å². The van der Waals surface area contributed by atoms with Gasteiger partial charge in [-0.05, 0) is 17.7 Å². The Morgan fingerprint density at radius 2 is 2.14 bits per heavy atom. The number of benzene rings is 1. The Kier molecular flexibility index (Phi) is 9.91. The quantitative estimate of drug-likeness (QED) is 0.777. The van der Waals surface area contributed by atoms with Crippen molar-refractivity contribution in [2.24, 2.45) is 0 Å². The predicted molar refractivity (Wildman–Crippen MR) is 97.2 cm³/mol. The van der Waals surface area contributed by atoms with Crippen LogP contribution in [0.4, 0.5) is 0 Å². The average Bonchev–Trinajstić information content (AvgIpc) is 2.48. The normalized spacial score (nSPS) is 15.1. The molecule has 0 spiro atoms. The number of thioether (sulfide) groups is 1. The van der Waals surface area contributed by atoms with Gasteiger partial charge in [0.1, 0.15) is 0 Å². The summed E-state index contributed by atoms with van der Waals surface area (Å²) in [5.41, 5.74) is 1.15. The average molecular weight is 364 g/mol. The molecular weight excluding hydrogens is 341 g/mol. The molecule has 1 fully saturated rings. The molecule has 124 valence electrons. The van der Waals surface area contributed by atoms with Crippen LogP contribution in [0.2, 0.25) is 5.02 Å². The molecule has 1 aliphatic rings. The van der Waals surface area contributed by atoms with Gasteiger partial charge in [0.2, 0.25) is 5.91 Å². The molecule has 1 aromatic carbocycles. The Morgan fingerprint density at radius 1 is 1.36 bits per heavy atom. The van der Waals surface area contributed by atoms with E-state index < -0.39 is 0 Å². The first-order valence-corrected chi connectivity index (χ1v) is 8.79. The van der Waals surface area contributed by atoms with Gasteiger partial charge in [-0.2, -0.15) is 0 Å². The lowest BCUT2D eigenvalue weighted by molar-refractivity contribution is -0.118. The van der Waals surface area contributed by atoms with Crippen molar-refractivity contribution in [3.05, 3.63) is 34.9 Å². The molecule has 1 aliphatic heterocycles. The lowest BCUT2D eigenvalue weighted by Gasteiger charge is -2.27. The van der Waals surface area contributed by atoms with E-state index in [4.69, 9.17) is 11.6 Å². The van der Waals surface area contributed by atoms with E-state index in [1.807, 2.05) is 24.3 Å². The molecule has 0 unspecified atom stereocenters. The fourth-order valence-corrected chi connectivity index (χ4v) is 3.25. The molecular formula is C15H23Cl2N3OS. The highest BCUT2D eigenvalue weighted by atomic mass is 35.5. The fraction of sp³-hybridized carbons (Fsp3) is 0.533. The maximum atomic E-state index is 11.8. The Labute approximate surface area is 147 Å². The number of carbonyl (C=O) groups is 1. The highest BCUT2D eigenvalue weighted by Gasteiger charge is 2.09. The lowest BCUT2D eigenvalue weighted by Crippen LogP contribution is -2.46. The summed E-state index contributed by atoms with van der Waals surface area (Å²) in [5.74, 6) is 1.41. The van der Waals surface area contributed by atoms with Crippen molar-refractivity contribution < 1.29 is 4.79 Å². The standard InChI is InChI=1S/C15H22ClN3OS.ClH/c16-14-3-1-2-13(10-14)11-21-12-15(20)18-6-9-19-7-4-17-5-8-19;/h1-3,10,17H,4-9,11-12H2,(H,18,20);1H. The summed E-state index contributed by atoms with van der Waals surface area (Å²) >= 11 is 7.55. The van der Waals surface area contributed by atoms with Crippen molar-refractivity contribution in [2.45, 2.75) is 5.75 Å². The number of nitrogens with zero attached hydrogens (tertiary/aromatic N) is 1. The summed E-state index contributed by atoms with van der Waals surface area (Å²) in [7, 11) is 0. The summed E-state index contributed by atoms with van der Waals surface area (Å²) < 4.78 is 0. The molecule has 2 rings (SSSR count). The van der Waals surface area contributed by atoms with Crippen LogP contribution in [0.15, 0.2) is 24.3 Å². The zero-order valence-corrected chi connectivity index (χ0v) is 14.9. The van der Waals surface area contributed by atoms with Crippen LogP contribution in [0.5, 0.6) is 0 Å². The molecule has 1 heterocycles. The second-order valence-electron chi connectivity index (χ2n) is 5.06. The number of rotatable bonds is 7. The van der Waals surface area contributed by atoms with E-state index in [1.54, 1.807) is 11.8 Å². The number of piperazine rings is 1. The molecule has 0 aromatic heterocycles. The molecule has 0 aliphatic carbocycles. The number of amides is 1. The third-order valence-corrected chi connectivity index (χ3v) is 4.59. The highest BCUT2D eigenvalue weighted by Crippen LogP contribution is 2.16. The van der Waals surface area contributed by atoms with Crippen molar-refractivity contribution in [1.82, 2.24) is 15.5 Å². The van der Waals surface area contributed by atoms with Crippen molar-refractivity contribution in [1.29, 1.82) is 0 Å². The number of nitrogens with one attached hydrogen (secondary N) is 2. The summed E-state index contributed by atoms with van der Waals surface area (Å²) in [4.78, 5) is 14.1. The topological polar surface area (TPSA) is 44.4 Å². The van der Waals surface area contributed by atoms with E-state index in [0.29, 0.717) is 5.75 Å². The first-order valence-electron chi connectivity index (χ1n) is 7.26. The van der Waals surface area contributed by atoms with Gasteiger partial charge in [0.25, 0.3) is 0 Å². The minimum Gasteiger partial charge on any atom is -0.354 e. The van der Waals surface area contributed by atoms with Gasteiger partial charge in [-0.15, -0.1) is 24.2 Å². The summed E-state index contributed by atoms with van der Waals surface area (Å²) in [6.07, 6.45) is 0. The highest BCUT2D eigenvalue weighted by molar-refractivity contribution is 7.99. The van der Waals surface area contributed by atoms with E-state index in [2.05, 4.69) is 15.5 Å². The predicted octanol–water partition coefficient (Wildman–Crippen LogP) is 2.02. The van der Waals surface area contributed by atoms with Gasteiger partial charge < -0.3 is 10.6 Å². The lowest BCUT2D eigenvalue weighted by atomic mass is 10.2. The Hall–Kier alpha value is -0.460. The smallest absolute Gasteiger partial charge is 0.230 e. The van der Waals surface area contributed by atoms with Crippen molar-refractivity contribution in [3.8, 4) is 0 Å². The zero-order valence-electron chi connectivity index (χ0n) is 12.5. The van der Waals surface area contributed by atoms with E-state index in [0.717, 1.165) is 55.6 Å². The Bertz CT molecular complexity index is 456. The Morgan fingerprint density at radius 3 is 2.86 bits per heavy atom. The van der Waals surface area contributed by atoms with Crippen LogP contribution in [-0.2, 0) is 10.5 Å². The first-order chi connectivity index (χ1) is 10.2. The van der Waals surface area contributed by atoms with Crippen LogP contribution in [0.3, 0.4) is 0 Å². The van der Waals surface area contributed by atoms with Gasteiger partial charge in [0, 0.05) is 50.0 Å². The molecule has 0 bridgehead atoms. The van der Waals surface area contributed by atoms with Gasteiger partial charge in [0.05, 0.1) is 5.75 Å². The van der Waals surface area contributed by atoms with Crippen molar-refractivity contribution in [2.75, 3.05) is 45.0 Å². The van der Waals surface area contributed by atoms with Crippen molar-refractivity contribution in [3.63, 3.8) is 0 Å². The molecule has 7 heteroatoms. The minimum absolute atomic E-state index is 0. The van der Waals surface area contributed by atoms with Crippen LogP contribution in [0.25, 0.3) is 0 Å². The van der Waals surface area contributed by atoms with Gasteiger partial charge in [-0.25, -0.2) is 0 Å². The fourth-order valence-electron chi connectivity index (χ4n) is 2.23. The van der Waals surface area contributed by atoms with E-state index in [9.17, 15) is 4.79 Å². The molecule has 1 saturated heterocycles. The maximum absolute atomic E-state index is 11.8. The minimum atomic E-state index is 0. The van der Waals surface area contributed by atoms with Crippen LogP contribution in [-0.4, -0.2) is 55.8 Å². The summed E-state index contributed by atoms with van der Waals surface area (Å²) in [6, 6.07) is 7.77. The SMILES string of the molecule is Cl.O=C(CSCc1cccc(Cl)c1)NCCN1CCNCC1. The third kappa shape index (κ3) is 7.70. The van der Waals surface area contributed by atoms with Crippen LogP contribution in [0, 0.1) is 0 Å². The molecule has 2 N–H and O–H groups in total. The maximum Gasteiger partial charge on any atom is 0.230 e. The van der Waals surface area contributed by atoms with Gasteiger partial charge in [0.15, 0.2) is 0 Å². The first kappa shape index (κ1) is 19.6. The molecule has 0 saturated carbocycles.